The van der Waals surface area contributed by atoms with Crippen molar-refractivity contribution in [2.24, 2.45) is 0 Å². The maximum Gasteiger partial charge on any atom is 0.256 e. The van der Waals surface area contributed by atoms with Crippen molar-refractivity contribution < 1.29 is 14.3 Å². The fourth-order valence-electron chi connectivity index (χ4n) is 3.25. The van der Waals surface area contributed by atoms with E-state index in [1.807, 2.05) is 6.07 Å². The number of pyridine rings is 1. The lowest BCUT2D eigenvalue weighted by Crippen LogP contribution is -2.09. The van der Waals surface area contributed by atoms with Crippen LogP contribution in [0.1, 0.15) is 15.9 Å². The molecule has 0 unspecified atom stereocenters. The molecular formula is C17H9NO4. The topological polar surface area (TPSA) is 68.4 Å². The number of benzene rings is 2. The lowest BCUT2D eigenvalue weighted by molar-refractivity contribution is 0.104. The highest BCUT2D eigenvalue weighted by molar-refractivity contribution is 6.28. The molecule has 0 radical (unpaired) electrons. The number of hydrogen-bond donors (Lipinski definition) is 1. The van der Waals surface area contributed by atoms with Crippen molar-refractivity contribution in [1.82, 2.24) is 4.98 Å². The zero-order valence-electron chi connectivity index (χ0n) is 11.3. The van der Waals surface area contributed by atoms with E-state index in [4.69, 9.17) is 9.47 Å². The second-order valence-electron chi connectivity index (χ2n) is 5.30. The van der Waals surface area contributed by atoms with Crippen LogP contribution in [0.2, 0.25) is 0 Å². The normalized spacial score (nSPS) is 14.3. The van der Waals surface area contributed by atoms with Crippen LogP contribution in [0.25, 0.3) is 22.0 Å². The first-order chi connectivity index (χ1) is 10.8. The van der Waals surface area contributed by atoms with Gasteiger partial charge in [0, 0.05) is 16.3 Å². The fraction of sp³-hybridized carbons (Fsp3) is 0.0588. The summed E-state index contributed by atoms with van der Waals surface area (Å²) in [7, 11) is 0. The Bertz CT molecular complexity index is 1050. The maximum absolute atomic E-state index is 12.9. The lowest BCUT2D eigenvalue weighted by Gasteiger charge is -2.03. The summed E-state index contributed by atoms with van der Waals surface area (Å²) in [5, 5.41) is 1.17. The molecule has 5 nitrogen and oxygen atoms in total. The summed E-state index contributed by atoms with van der Waals surface area (Å²) in [5.41, 5.74) is 2.04. The number of fused-ring (bicyclic) bond motifs is 7. The minimum absolute atomic E-state index is 0.104. The van der Waals surface area contributed by atoms with Crippen molar-refractivity contribution in [2.75, 3.05) is 6.79 Å². The van der Waals surface area contributed by atoms with E-state index in [0.717, 1.165) is 0 Å². The minimum Gasteiger partial charge on any atom is -0.454 e. The number of aromatic amines is 1. The molecule has 0 saturated heterocycles. The molecule has 0 fully saturated rings. The number of nitrogens with one attached hydrogen (secondary N) is 1. The molecule has 0 atom stereocenters. The second-order valence-corrected chi connectivity index (χ2v) is 5.30. The van der Waals surface area contributed by atoms with E-state index >= 15 is 0 Å². The Morgan fingerprint density at radius 2 is 1.73 bits per heavy atom. The molecule has 1 aliphatic heterocycles. The smallest absolute Gasteiger partial charge is 0.256 e. The van der Waals surface area contributed by atoms with Crippen molar-refractivity contribution in [2.45, 2.75) is 0 Å². The van der Waals surface area contributed by atoms with Gasteiger partial charge in [0.25, 0.3) is 5.56 Å². The fourth-order valence-corrected chi connectivity index (χ4v) is 3.25. The van der Waals surface area contributed by atoms with Crippen LogP contribution >= 0.6 is 0 Å². The lowest BCUT2D eigenvalue weighted by atomic mass is 10.0. The van der Waals surface area contributed by atoms with Gasteiger partial charge in [0.1, 0.15) is 0 Å². The zero-order valence-corrected chi connectivity index (χ0v) is 11.3. The van der Waals surface area contributed by atoms with E-state index in [9.17, 15) is 9.59 Å². The number of hydrogen-bond acceptors (Lipinski definition) is 4. The van der Waals surface area contributed by atoms with E-state index in [1.54, 1.807) is 30.3 Å². The number of H-pyrrole nitrogens is 1. The second kappa shape index (κ2) is 3.76. The monoisotopic (exact) mass is 291 g/mol. The third-order valence-electron chi connectivity index (χ3n) is 4.19. The Labute approximate surface area is 124 Å². The maximum atomic E-state index is 12.9. The third-order valence-corrected chi connectivity index (χ3v) is 4.19. The molecule has 106 valence electrons. The summed E-state index contributed by atoms with van der Waals surface area (Å²) in [4.78, 5) is 28.0. The third kappa shape index (κ3) is 1.24. The van der Waals surface area contributed by atoms with Crippen LogP contribution in [0.3, 0.4) is 0 Å². The highest BCUT2D eigenvalue weighted by Gasteiger charge is 2.36. The summed E-state index contributed by atoms with van der Waals surface area (Å²) >= 11 is 0. The molecule has 5 heteroatoms. The summed E-state index contributed by atoms with van der Waals surface area (Å²) in [6, 6.07) is 10.7. The summed E-state index contributed by atoms with van der Waals surface area (Å²) < 4.78 is 10.8. The molecule has 0 saturated carbocycles. The van der Waals surface area contributed by atoms with Crippen molar-refractivity contribution in [3.05, 3.63) is 57.9 Å². The van der Waals surface area contributed by atoms with E-state index in [-0.39, 0.29) is 18.1 Å². The number of rotatable bonds is 0. The molecule has 0 amide bonds. The summed E-state index contributed by atoms with van der Waals surface area (Å²) in [5.74, 6) is 0.884. The van der Waals surface area contributed by atoms with Gasteiger partial charge in [-0.3, -0.25) is 9.59 Å². The van der Waals surface area contributed by atoms with E-state index < -0.39 is 0 Å². The van der Waals surface area contributed by atoms with E-state index in [0.29, 0.717) is 44.7 Å². The van der Waals surface area contributed by atoms with Gasteiger partial charge in [-0.25, -0.2) is 0 Å². The molecule has 3 aromatic rings. The standard InChI is InChI=1S/C17H9NO4/c19-15-12-8-3-1-2-4-9(8)17(20)18-14(12)10-5-6-11-16(13(10)15)22-7-21-11/h1-6H,7H2,(H,18,20). The number of aromatic nitrogens is 1. The van der Waals surface area contributed by atoms with Crippen molar-refractivity contribution in [1.29, 1.82) is 0 Å². The van der Waals surface area contributed by atoms with Crippen LogP contribution in [0.5, 0.6) is 11.5 Å². The first-order valence-corrected chi connectivity index (χ1v) is 6.88. The molecule has 2 aromatic carbocycles. The quantitative estimate of drug-likeness (QED) is 0.540. The van der Waals surface area contributed by atoms with Gasteiger partial charge in [0.15, 0.2) is 17.3 Å². The van der Waals surface area contributed by atoms with Crippen LogP contribution in [0.15, 0.2) is 41.2 Å². The predicted octanol–water partition coefficient (Wildman–Crippen LogP) is 2.47. The number of carbonyl (C=O) groups excluding carboxylic acids is 1. The van der Waals surface area contributed by atoms with Crippen molar-refractivity contribution in [3.63, 3.8) is 0 Å². The molecule has 5 rings (SSSR count). The number of ketones is 1. The van der Waals surface area contributed by atoms with Gasteiger partial charge in [-0.2, -0.15) is 0 Å². The Morgan fingerprint density at radius 3 is 2.59 bits per heavy atom. The van der Waals surface area contributed by atoms with Crippen LogP contribution < -0.4 is 15.0 Å². The highest BCUT2D eigenvalue weighted by Crippen LogP contribution is 2.47. The molecule has 2 aliphatic rings. The minimum atomic E-state index is -0.201. The van der Waals surface area contributed by atoms with Crippen LogP contribution in [0, 0.1) is 0 Å². The molecule has 1 aromatic heterocycles. The van der Waals surface area contributed by atoms with Gasteiger partial charge < -0.3 is 14.5 Å². The predicted molar refractivity (Wildman–Crippen MR) is 79.6 cm³/mol. The molecule has 2 heterocycles. The summed E-state index contributed by atoms with van der Waals surface area (Å²) in [6.45, 7) is 0.104. The Hall–Kier alpha value is -3.08. The molecule has 1 aliphatic carbocycles. The van der Waals surface area contributed by atoms with Crippen LogP contribution in [-0.2, 0) is 0 Å². The number of carbonyl (C=O) groups is 1. The average Bonchev–Trinajstić information content (AvgIpc) is 3.11. The van der Waals surface area contributed by atoms with Gasteiger partial charge in [-0.1, -0.05) is 18.2 Å². The van der Waals surface area contributed by atoms with Gasteiger partial charge in [-0.05, 0) is 18.2 Å². The zero-order chi connectivity index (χ0) is 14.8. The van der Waals surface area contributed by atoms with Crippen molar-refractivity contribution in [3.8, 4) is 22.8 Å². The molecule has 1 N–H and O–H groups in total. The molecule has 0 bridgehead atoms. The Balaban J connectivity index is 1.95. The highest BCUT2D eigenvalue weighted by atomic mass is 16.7. The Morgan fingerprint density at radius 1 is 0.909 bits per heavy atom. The first kappa shape index (κ1) is 11.6. The molecule has 0 spiro atoms. The first-order valence-electron chi connectivity index (χ1n) is 6.88. The average molecular weight is 291 g/mol. The summed E-state index contributed by atoms with van der Waals surface area (Å²) in [6.07, 6.45) is 0. The van der Waals surface area contributed by atoms with E-state index in [1.165, 1.54) is 0 Å². The number of ether oxygens (including phenoxy) is 2. The van der Waals surface area contributed by atoms with E-state index in [2.05, 4.69) is 4.98 Å². The van der Waals surface area contributed by atoms with Gasteiger partial charge in [-0.15, -0.1) is 0 Å². The van der Waals surface area contributed by atoms with Crippen molar-refractivity contribution >= 4 is 16.6 Å². The SMILES string of the molecule is O=C1c2c(ccc3c2OCO3)-c2[nH]c(=O)c3ccccc3c21. The molecular weight excluding hydrogens is 282 g/mol. The Kier molecular flexibility index (Phi) is 1.98. The van der Waals surface area contributed by atoms with Gasteiger partial charge in [0.05, 0.1) is 16.8 Å². The van der Waals surface area contributed by atoms with Gasteiger partial charge in [0.2, 0.25) is 6.79 Å². The molecule has 22 heavy (non-hydrogen) atoms. The largest absolute Gasteiger partial charge is 0.454 e. The van der Waals surface area contributed by atoms with Gasteiger partial charge >= 0.3 is 0 Å². The van der Waals surface area contributed by atoms with Crippen LogP contribution in [0.4, 0.5) is 0 Å². The van der Waals surface area contributed by atoms with Crippen LogP contribution in [-0.4, -0.2) is 17.6 Å².